The molecule has 0 aromatic rings. The lowest BCUT2D eigenvalue weighted by Gasteiger charge is -2.45. The summed E-state index contributed by atoms with van der Waals surface area (Å²) in [4.78, 5) is 2.59. The quantitative estimate of drug-likeness (QED) is 0.758. The third kappa shape index (κ3) is 3.06. The van der Waals surface area contributed by atoms with Gasteiger partial charge in [0.25, 0.3) is 0 Å². The molecule has 0 N–H and O–H groups in total. The summed E-state index contributed by atoms with van der Waals surface area (Å²) >= 11 is 12.4. The zero-order chi connectivity index (χ0) is 15.0. The fourth-order valence-corrected chi connectivity index (χ4v) is 4.95. The Bertz CT molecular complexity index is 448. The lowest BCUT2D eigenvalue weighted by Crippen LogP contribution is -2.50. The highest BCUT2D eigenvalue weighted by atomic mass is 35.5. The molecule has 0 radical (unpaired) electrons. The molecule has 3 aliphatic rings. The number of halogens is 2. The SMILES string of the molecule is CCOC[C@@H]1[C@@H](C2C=CC(Cl)=C(Cl)C2)C[C@@H]2CC[C@H]1N2C. The molecule has 0 aromatic heterocycles. The van der Waals surface area contributed by atoms with Crippen molar-refractivity contribution < 1.29 is 4.74 Å². The van der Waals surface area contributed by atoms with Crippen molar-refractivity contribution in [3.05, 3.63) is 22.2 Å². The first-order valence-corrected chi connectivity index (χ1v) is 8.89. The van der Waals surface area contributed by atoms with Gasteiger partial charge in [-0.15, -0.1) is 0 Å². The van der Waals surface area contributed by atoms with Gasteiger partial charge in [0.1, 0.15) is 0 Å². The topological polar surface area (TPSA) is 12.5 Å². The van der Waals surface area contributed by atoms with Gasteiger partial charge >= 0.3 is 0 Å². The van der Waals surface area contributed by atoms with E-state index in [1.165, 1.54) is 19.3 Å². The molecular weight excluding hydrogens is 305 g/mol. The summed E-state index contributed by atoms with van der Waals surface area (Å²) in [5.41, 5.74) is 0. The van der Waals surface area contributed by atoms with Gasteiger partial charge in [-0.3, -0.25) is 0 Å². The maximum Gasteiger partial charge on any atom is 0.0548 e. The third-order valence-corrected chi connectivity index (χ3v) is 6.52. The monoisotopic (exact) mass is 329 g/mol. The molecule has 2 aliphatic heterocycles. The number of piperidine rings is 1. The molecule has 118 valence electrons. The average Bonchev–Trinajstić information content (AvgIpc) is 2.72. The van der Waals surface area contributed by atoms with Crippen LogP contribution < -0.4 is 0 Å². The average molecular weight is 330 g/mol. The van der Waals surface area contributed by atoms with Gasteiger partial charge in [-0.05, 0) is 57.6 Å². The van der Waals surface area contributed by atoms with Gasteiger partial charge in [0, 0.05) is 29.6 Å². The second-order valence-corrected chi connectivity index (χ2v) is 7.53. The summed E-state index contributed by atoms with van der Waals surface area (Å²) in [7, 11) is 2.29. The largest absolute Gasteiger partial charge is 0.381 e. The lowest BCUT2D eigenvalue weighted by molar-refractivity contribution is -0.0103. The molecular formula is C17H25Cl2NO. The van der Waals surface area contributed by atoms with Crippen molar-refractivity contribution in [2.75, 3.05) is 20.3 Å². The van der Waals surface area contributed by atoms with Crippen LogP contribution in [0.25, 0.3) is 0 Å². The van der Waals surface area contributed by atoms with E-state index in [-0.39, 0.29) is 0 Å². The molecule has 0 amide bonds. The molecule has 5 atom stereocenters. The Balaban J connectivity index is 1.78. The van der Waals surface area contributed by atoms with E-state index >= 15 is 0 Å². The van der Waals surface area contributed by atoms with Crippen LogP contribution in [0, 0.1) is 17.8 Å². The molecule has 2 fully saturated rings. The molecule has 3 rings (SSSR count). The van der Waals surface area contributed by atoms with Crippen LogP contribution in [0.3, 0.4) is 0 Å². The smallest absolute Gasteiger partial charge is 0.0548 e. The standard InChI is InChI=1S/C17H25Cl2NO/c1-3-21-10-14-13(9-12-5-7-17(14)20(12)2)11-4-6-15(18)16(19)8-11/h4,6,11-14,17H,3,5,7-10H2,1-2H3/t11?,12-,13+,14+,17+/m0/s1. The number of rotatable bonds is 4. The van der Waals surface area contributed by atoms with Crippen LogP contribution in [-0.2, 0) is 4.74 Å². The fourth-order valence-electron chi connectivity index (χ4n) is 4.56. The Morgan fingerprint density at radius 2 is 2.14 bits per heavy atom. The third-order valence-electron chi connectivity index (χ3n) is 5.71. The summed E-state index contributed by atoms with van der Waals surface area (Å²) in [5.74, 6) is 1.80. The van der Waals surface area contributed by atoms with Gasteiger partial charge in [0.2, 0.25) is 0 Å². The Kier molecular flexibility index (Phi) is 5.00. The van der Waals surface area contributed by atoms with Gasteiger partial charge in [0.05, 0.1) is 11.6 Å². The molecule has 21 heavy (non-hydrogen) atoms. The Labute approximate surface area is 138 Å². The van der Waals surface area contributed by atoms with Crippen LogP contribution in [0.4, 0.5) is 0 Å². The number of fused-ring (bicyclic) bond motifs is 2. The second-order valence-electron chi connectivity index (χ2n) is 6.67. The number of nitrogens with zero attached hydrogens (tertiary/aromatic N) is 1. The van der Waals surface area contributed by atoms with Crippen molar-refractivity contribution in [1.29, 1.82) is 0 Å². The minimum Gasteiger partial charge on any atom is -0.381 e. The Morgan fingerprint density at radius 3 is 2.86 bits per heavy atom. The van der Waals surface area contributed by atoms with Crippen LogP contribution >= 0.6 is 23.2 Å². The van der Waals surface area contributed by atoms with Crippen molar-refractivity contribution in [2.45, 2.75) is 44.7 Å². The minimum absolute atomic E-state index is 0.516. The fraction of sp³-hybridized carbons (Fsp3) is 0.765. The van der Waals surface area contributed by atoms with E-state index in [4.69, 9.17) is 27.9 Å². The highest BCUT2D eigenvalue weighted by Gasteiger charge is 2.47. The van der Waals surface area contributed by atoms with E-state index < -0.39 is 0 Å². The first kappa shape index (κ1) is 15.9. The number of hydrogen-bond donors (Lipinski definition) is 0. The van der Waals surface area contributed by atoms with Crippen LogP contribution in [0.5, 0.6) is 0 Å². The lowest BCUT2D eigenvalue weighted by atomic mass is 9.71. The van der Waals surface area contributed by atoms with Crippen LogP contribution in [0.1, 0.15) is 32.6 Å². The highest BCUT2D eigenvalue weighted by Crippen LogP contribution is 2.47. The van der Waals surface area contributed by atoms with Gasteiger partial charge in [0.15, 0.2) is 0 Å². The predicted octanol–water partition coefficient (Wildman–Crippen LogP) is 4.39. The summed E-state index contributed by atoms with van der Waals surface area (Å²) in [6, 6.07) is 1.42. The summed E-state index contributed by atoms with van der Waals surface area (Å²) in [6.45, 7) is 3.76. The van der Waals surface area contributed by atoms with E-state index in [9.17, 15) is 0 Å². The second kappa shape index (κ2) is 6.62. The molecule has 0 aromatic carbocycles. The van der Waals surface area contributed by atoms with E-state index in [2.05, 4.69) is 24.9 Å². The highest BCUT2D eigenvalue weighted by molar-refractivity contribution is 6.40. The molecule has 1 aliphatic carbocycles. The van der Waals surface area contributed by atoms with Gasteiger partial charge < -0.3 is 9.64 Å². The molecule has 4 heteroatoms. The van der Waals surface area contributed by atoms with Crippen molar-refractivity contribution in [3.63, 3.8) is 0 Å². The van der Waals surface area contributed by atoms with Crippen molar-refractivity contribution in [2.24, 2.45) is 17.8 Å². The van der Waals surface area contributed by atoms with E-state index in [1.54, 1.807) is 0 Å². The van der Waals surface area contributed by atoms with Gasteiger partial charge in [-0.1, -0.05) is 29.3 Å². The van der Waals surface area contributed by atoms with E-state index in [0.29, 0.717) is 28.8 Å². The Morgan fingerprint density at radius 1 is 1.33 bits per heavy atom. The molecule has 0 spiro atoms. The molecule has 0 saturated carbocycles. The van der Waals surface area contributed by atoms with E-state index in [0.717, 1.165) is 30.7 Å². The van der Waals surface area contributed by atoms with E-state index in [1.807, 2.05) is 6.08 Å². The first-order chi connectivity index (χ1) is 10.1. The molecule has 2 heterocycles. The number of allylic oxidation sites excluding steroid dienone is 4. The first-order valence-electron chi connectivity index (χ1n) is 8.13. The predicted molar refractivity (Wildman–Crippen MR) is 88.6 cm³/mol. The summed E-state index contributed by atoms with van der Waals surface area (Å²) < 4.78 is 5.82. The number of hydrogen-bond acceptors (Lipinski definition) is 2. The minimum atomic E-state index is 0.516. The van der Waals surface area contributed by atoms with Crippen LogP contribution in [0.2, 0.25) is 0 Å². The summed E-state index contributed by atoms with van der Waals surface area (Å²) in [5, 5.41) is 1.54. The van der Waals surface area contributed by atoms with Crippen molar-refractivity contribution in [1.82, 2.24) is 4.90 Å². The van der Waals surface area contributed by atoms with Crippen molar-refractivity contribution in [3.8, 4) is 0 Å². The number of ether oxygens (including phenoxy) is 1. The maximum absolute atomic E-state index is 6.30. The van der Waals surface area contributed by atoms with Crippen LogP contribution in [-0.4, -0.2) is 37.2 Å². The summed E-state index contributed by atoms with van der Waals surface area (Å²) in [6.07, 6.45) is 9.09. The normalized spacial score (nSPS) is 40.1. The van der Waals surface area contributed by atoms with Gasteiger partial charge in [-0.2, -0.15) is 0 Å². The molecule has 2 bridgehead atoms. The molecule has 2 saturated heterocycles. The zero-order valence-corrected chi connectivity index (χ0v) is 14.4. The molecule has 1 unspecified atom stereocenters. The maximum atomic E-state index is 6.30. The molecule has 2 nitrogen and oxygen atoms in total. The van der Waals surface area contributed by atoms with Gasteiger partial charge in [-0.25, -0.2) is 0 Å². The Hall–Kier alpha value is -0.0200. The van der Waals surface area contributed by atoms with Crippen molar-refractivity contribution >= 4 is 23.2 Å². The zero-order valence-electron chi connectivity index (χ0n) is 12.9. The van der Waals surface area contributed by atoms with Crippen LogP contribution in [0.15, 0.2) is 22.2 Å².